The van der Waals surface area contributed by atoms with Crippen molar-refractivity contribution in [3.63, 3.8) is 0 Å². The molecule has 2 rings (SSSR count). The van der Waals surface area contributed by atoms with Gasteiger partial charge in [-0.15, -0.1) is 0 Å². The fourth-order valence-corrected chi connectivity index (χ4v) is 2.37. The Hall–Kier alpha value is -0.740. The lowest BCUT2D eigenvalue weighted by Crippen LogP contribution is -2.48. The van der Waals surface area contributed by atoms with Crippen LogP contribution in [0.25, 0.3) is 0 Å². The van der Waals surface area contributed by atoms with Crippen LogP contribution < -0.4 is 11.1 Å². The fourth-order valence-electron chi connectivity index (χ4n) is 1.99. The Labute approximate surface area is 97.8 Å². The Bertz CT molecular complexity index is 371. The molecule has 82 valence electrons. The molecule has 0 saturated heterocycles. The zero-order valence-corrected chi connectivity index (χ0v) is 10.2. The van der Waals surface area contributed by atoms with Crippen molar-refractivity contribution in [2.24, 2.45) is 0 Å². The molecule has 1 aromatic carbocycles. The Morgan fingerprint density at radius 3 is 2.73 bits per heavy atom. The van der Waals surface area contributed by atoms with E-state index in [1.807, 2.05) is 25.1 Å². The van der Waals surface area contributed by atoms with Gasteiger partial charge in [0.1, 0.15) is 0 Å². The number of hydrogen-bond acceptors (Lipinski definition) is 3. The highest BCUT2D eigenvalue weighted by atomic mass is 79.9. The van der Waals surface area contributed by atoms with E-state index in [9.17, 15) is 5.11 Å². The summed E-state index contributed by atoms with van der Waals surface area (Å²) >= 11 is 3.36. The molecule has 0 spiro atoms. The van der Waals surface area contributed by atoms with E-state index < -0.39 is 5.60 Å². The summed E-state index contributed by atoms with van der Waals surface area (Å²) in [5.41, 5.74) is 7.04. The number of halogens is 1. The van der Waals surface area contributed by atoms with Gasteiger partial charge in [0.05, 0.1) is 17.0 Å². The number of nitrogen functional groups attached to an aromatic ring is 1. The van der Waals surface area contributed by atoms with Crippen LogP contribution in [0.1, 0.15) is 19.8 Å². The number of rotatable bonds is 2. The molecule has 0 aromatic heterocycles. The fraction of sp³-hybridized carbons (Fsp3) is 0.455. The zero-order chi connectivity index (χ0) is 11.1. The SMILES string of the molecule is C[C@]1(O)C[C@@H](Nc2ccc(Br)cc2N)C1. The van der Waals surface area contributed by atoms with E-state index in [4.69, 9.17) is 5.73 Å². The summed E-state index contributed by atoms with van der Waals surface area (Å²) in [7, 11) is 0. The first kappa shape index (κ1) is 10.8. The molecule has 4 heteroatoms. The van der Waals surface area contributed by atoms with Crippen LogP contribution in [0.3, 0.4) is 0 Å². The van der Waals surface area contributed by atoms with Crippen LogP contribution >= 0.6 is 15.9 Å². The van der Waals surface area contributed by atoms with Crippen molar-refractivity contribution in [3.05, 3.63) is 22.7 Å². The second-order valence-corrected chi connectivity index (χ2v) is 5.39. The van der Waals surface area contributed by atoms with Crippen LogP contribution in [-0.4, -0.2) is 16.7 Å². The van der Waals surface area contributed by atoms with Crippen LogP contribution in [0.4, 0.5) is 11.4 Å². The molecule has 1 aliphatic rings. The standard InChI is InChI=1S/C11H15BrN2O/c1-11(15)5-8(6-11)14-10-3-2-7(12)4-9(10)13/h2-4,8,14-15H,5-6,13H2,1H3/t8-,11+. The Morgan fingerprint density at radius 1 is 1.53 bits per heavy atom. The maximum absolute atomic E-state index is 9.60. The lowest BCUT2D eigenvalue weighted by atomic mass is 9.77. The van der Waals surface area contributed by atoms with Crippen molar-refractivity contribution in [1.29, 1.82) is 0 Å². The van der Waals surface area contributed by atoms with Gasteiger partial charge in [-0.1, -0.05) is 15.9 Å². The summed E-state index contributed by atoms with van der Waals surface area (Å²) in [6.45, 7) is 1.86. The molecular weight excluding hydrogens is 256 g/mol. The Balaban J connectivity index is 2.00. The van der Waals surface area contributed by atoms with Gasteiger partial charge in [-0.3, -0.25) is 0 Å². The number of nitrogens with one attached hydrogen (secondary N) is 1. The van der Waals surface area contributed by atoms with Gasteiger partial charge in [-0.2, -0.15) is 0 Å². The van der Waals surface area contributed by atoms with E-state index in [1.165, 1.54) is 0 Å². The Morgan fingerprint density at radius 2 is 2.20 bits per heavy atom. The molecule has 1 aliphatic carbocycles. The minimum atomic E-state index is -0.498. The number of aliphatic hydroxyl groups is 1. The minimum absolute atomic E-state index is 0.337. The van der Waals surface area contributed by atoms with Crippen LogP contribution in [-0.2, 0) is 0 Å². The smallest absolute Gasteiger partial charge is 0.0658 e. The van der Waals surface area contributed by atoms with Crippen molar-refractivity contribution in [2.75, 3.05) is 11.1 Å². The summed E-state index contributed by atoms with van der Waals surface area (Å²) in [5, 5.41) is 12.9. The molecule has 0 atom stereocenters. The highest BCUT2D eigenvalue weighted by Gasteiger charge is 2.38. The molecule has 0 heterocycles. The first-order valence-corrected chi connectivity index (χ1v) is 5.79. The predicted molar refractivity (Wildman–Crippen MR) is 65.8 cm³/mol. The normalized spacial score (nSPS) is 29.7. The van der Waals surface area contributed by atoms with Gasteiger partial charge in [0.2, 0.25) is 0 Å². The van der Waals surface area contributed by atoms with Gasteiger partial charge in [-0.25, -0.2) is 0 Å². The molecule has 0 amide bonds. The summed E-state index contributed by atoms with van der Waals surface area (Å²) in [6, 6.07) is 6.12. The van der Waals surface area contributed by atoms with Crippen molar-refractivity contribution in [1.82, 2.24) is 0 Å². The molecule has 0 aliphatic heterocycles. The molecule has 0 unspecified atom stereocenters. The predicted octanol–water partition coefficient (Wildman–Crippen LogP) is 2.36. The number of nitrogens with two attached hydrogens (primary N) is 1. The van der Waals surface area contributed by atoms with Crippen molar-refractivity contribution in [2.45, 2.75) is 31.4 Å². The van der Waals surface area contributed by atoms with Gasteiger partial charge in [0, 0.05) is 10.5 Å². The summed E-state index contributed by atoms with van der Waals surface area (Å²) in [5.74, 6) is 0. The number of anilines is 2. The molecule has 1 saturated carbocycles. The highest BCUT2D eigenvalue weighted by molar-refractivity contribution is 9.10. The average molecular weight is 271 g/mol. The van der Waals surface area contributed by atoms with Gasteiger partial charge < -0.3 is 16.2 Å². The van der Waals surface area contributed by atoms with Gasteiger partial charge >= 0.3 is 0 Å². The maximum Gasteiger partial charge on any atom is 0.0658 e. The Kier molecular flexibility index (Phi) is 2.64. The molecular formula is C11H15BrN2O. The summed E-state index contributed by atoms with van der Waals surface area (Å²) in [4.78, 5) is 0. The molecule has 1 fully saturated rings. The molecule has 3 nitrogen and oxygen atoms in total. The van der Waals surface area contributed by atoms with Gasteiger partial charge in [0.15, 0.2) is 0 Å². The molecule has 1 aromatic rings. The molecule has 15 heavy (non-hydrogen) atoms. The summed E-state index contributed by atoms with van der Waals surface area (Å²) in [6.07, 6.45) is 1.56. The monoisotopic (exact) mass is 270 g/mol. The van der Waals surface area contributed by atoms with Crippen LogP contribution in [0.2, 0.25) is 0 Å². The second kappa shape index (κ2) is 3.68. The third kappa shape index (κ3) is 2.44. The zero-order valence-electron chi connectivity index (χ0n) is 8.63. The third-order valence-corrected chi connectivity index (χ3v) is 3.24. The van der Waals surface area contributed by atoms with E-state index in [0.29, 0.717) is 6.04 Å². The number of benzene rings is 1. The lowest BCUT2D eigenvalue weighted by molar-refractivity contribution is -0.0234. The maximum atomic E-state index is 9.60. The van der Waals surface area contributed by atoms with E-state index in [0.717, 1.165) is 28.7 Å². The first-order chi connectivity index (χ1) is 6.96. The van der Waals surface area contributed by atoms with Crippen molar-refractivity contribution in [3.8, 4) is 0 Å². The van der Waals surface area contributed by atoms with E-state index >= 15 is 0 Å². The first-order valence-electron chi connectivity index (χ1n) is 5.00. The van der Waals surface area contributed by atoms with Crippen LogP contribution in [0.5, 0.6) is 0 Å². The minimum Gasteiger partial charge on any atom is -0.397 e. The van der Waals surface area contributed by atoms with Crippen molar-refractivity contribution < 1.29 is 5.11 Å². The van der Waals surface area contributed by atoms with Crippen LogP contribution in [0.15, 0.2) is 22.7 Å². The van der Waals surface area contributed by atoms with Gasteiger partial charge in [0.25, 0.3) is 0 Å². The van der Waals surface area contributed by atoms with E-state index in [-0.39, 0.29) is 0 Å². The largest absolute Gasteiger partial charge is 0.397 e. The topological polar surface area (TPSA) is 58.3 Å². The number of hydrogen-bond donors (Lipinski definition) is 3. The lowest BCUT2D eigenvalue weighted by Gasteiger charge is -2.41. The van der Waals surface area contributed by atoms with Crippen molar-refractivity contribution >= 4 is 27.3 Å². The van der Waals surface area contributed by atoms with Gasteiger partial charge in [-0.05, 0) is 38.0 Å². The molecule has 4 N–H and O–H groups in total. The van der Waals surface area contributed by atoms with E-state index in [2.05, 4.69) is 21.2 Å². The molecule has 0 bridgehead atoms. The third-order valence-electron chi connectivity index (χ3n) is 2.75. The quantitative estimate of drug-likeness (QED) is 0.724. The molecule has 0 radical (unpaired) electrons. The highest BCUT2D eigenvalue weighted by Crippen LogP contribution is 2.35. The average Bonchev–Trinajstić information content (AvgIpc) is 2.06. The van der Waals surface area contributed by atoms with Crippen LogP contribution in [0, 0.1) is 0 Å². The second-order valence-electron chi connectivity index (χ2n) is 4.48. The van der Waals surface area contributed by atoms with E-state index in [1.54, 1.807) is 0 Å². The summed E-state index contributed by atoms with van der Waals surface area (Å²) < 4.78 is 0.978.